The van der Waals surface area contributed by atoms with Crippen LogP contribution >= 0.6 is 11.8 Å². The second kappa shape index (κ2) is 3.01. The minimum Gasteiger partial charge on any atom is -0.162 e. The van der Waals surface area contributed by atoms with Gasteiger partial charge in [-0.15, -0.1) is 0 Å². The molecule has 0 bridgehead atoms. The first kappa shape index (κ1) is 7.97. The van der Waals surface area contributed by atoms with Crippen LogP contribution in [0, 0.1) is 11.3 Å². The Morgan fingerprint density at radius 2 is 1.91 bits per heavy atom. The van der Waals surface area contributed by atoms with E-state index in [-0.39, 0.29) is 0 Å². The highest BCUT2D eigenvalue weighted by Gasteiger charge is 2.37. The molecule has 0 radical (unpaired) electrons. The first-order valence-electron chi connectivity index (χ1n) is 4.89. The zero-order chi connectivity index (χ0) is 7.73. The minimum atomic E-state index is 0.824. The van der Waals surface area contributed by atoms with Crippen LogP contribution in [0.25, 0.3) is 0 Å². The number of thioether (sulfide) groups is 1. The van der Waals surface area contributed by atoms with Crippen LogP contribution in [0.3, 0.4) is 0 Å². The summed E-state index contributed by atoms with van der Waals surface area (Å²) in [5, 5.41) is 0. The summed E-state index contributed by atoms with van der Waals surface area (Å²) in [5.74, 6) is 3.90. The maximum Gasteiger partial charge on any atom is -0.00622 e. The van der Waals surface area contributed by atoms with Gasteiger partial charge in [-0.3, -0.25) is 0 Å². The largest absolute Gasteiger partial charge is 0.162 e. The van der Waals surface area contributed by atoms with Gasteiger partial charge in [0, 0.05) is 0 Å². The van der Waals surface area contributed by atoms with E-state index in [2.05, 4.69) is 18.7 Å². The maximum absolute atomic E-state index is 2.43. The van der Waals surface area contributed by atoms with E-state index in [1.54, 1.807) is 0 Å². The molecule has 2 fully saturated rings. The standard InChI is InChI=1S/C10H18S/c1-9-2-3-10(8-9)4-6-11-7-5-10/h9H,2-8H2,1H3. The molecule has 0 N–H and O–H groups in total. The molecule has 2 aliphatic rings. The van der Waals surface area contributed by atoms with Crippen molar-refractivity contribution < 1.29 is 0 Å². The molecule has 1 aliphatic carbocycles. The molecule has 1 aliphatic heterocycles. The van der Waals surface area contributed by atoms with Crippen molar-refractivity contribution in [3.63, 3.8) is 0 Å². The summed E-state index contributed by atoms with van der Waals surface area (Å²) in [6.07, 6.45) is 7.61. The molecule has 0 aromatic rings. The minimum absolute atomic E-state index is 0.824. The van der Waals surface area contributed by atoms with Gasteiger partial charge >= 0.3 is 0 Å². The molecule has 1 saturated heterocycles. The van der Waals surface area contributed by atoms with Crippen LogP contribution in [0.2, 0.25) is 0 Å². The van der Waals surface area contributed by atoms with Gasteiger partial charge < -0.3 is 0 Å². The lowest BCUT2D eigenvalue weighted by Crippen LogP contribution is -2.22. The van der Waals surface area contributed by atoms with Crippen LogP contribution < -0.4 is 0 Å². The Labute approximate surface area is 74.1 Å². The van der Waals surface area contributed by atoms with Crippen LogP contribution in [0.5, 0.6) is 0 Å². The van der Waals surface area contributed by atoms with Gasteiger partial charge in [-0.2, -0.15) is 11.8 Å². The van der Waals surface area contributed by atoms with Crippen molar-refractivity contribution in [1.29, 1.82) is 0 Å². The van der Waals surface area contributed by atoms with E-state index in [1.807, 2.05) is 0 Å². The maximum atomic E-state index is 2.43. The van der Waals surface area contributed by atoms with E-state index in [4.69, 9.17) is 0 Å². The third kappa shape index (κ3) is 1.58. The molecule has 1 heterocycles. The predicted molar refractivity (Wildman–Crippen MR) is 52.0 cm³/mol. The fourth-order valence-corrected chi connectivity index (χ4v) is 4.11. The average Bonchev–Trinajstić information content (AvgIpc) is 2.34. The number of hydrogen-bond donors (Lipinski definition) is 0. The second-order valence-electron chi connectivity index (χ2n) is 4.46. The molecular formula is C10H18S. The van der Waals surface area contributed by atoms with Crippen molar-refractivity contribution in [2.24, 2.45) is 11.3 Å². The van der Waals surface area contributed by atoms with Gasteiger partial charge in [0.1, 0.15) is 0 Å². The molecule has 1 unspecified atom stereocenters. The van der Waals surface area contributed by atoms with Gasteiger partial charge in [0.2, 0.25) is 0 Å². The topological polar surface area (TPSA) is 0 Å². The van der Waals surface area contributed by atoms with E-state index < -0.39 is 0 Å². The van der Waals surface area contributed by atoms with Gasteiger partial charge in [-0.05, 0) is 48.5 Å². The molecular weight excluding hydrogens is 152 g/mol. The summed E-state index contributed by atoms with van der Waals surface area (Å²) in [5.41, 5.74) is 0.824. The average molecular weight is 170 g/mol. The zero-order valence-corrected chi connectivity index (χ0v) is 8.25. The number of rotatable bonds is 0. The Morgan fingerprint density at radius 3 is 2.45 bits per heavy atom. The van der Waals surface area contributed by atoms with Crippen molar-refractivity contribution >= 4 is 11.8 Å². The monoisotopic (exact) mass is 170 g/mol. The van der Waals surface area contributed by atoms with Gasteiger partial charge in [0.15, 0.2) is 0 Å². The Hall–Kier alpha value is 0.350. The summed E-state index contributed by atoms with van der Waals surface area (Å²) in [7, 11) is 0. The van der Waals surface area contributed by atoms with E-state index in [9.17, 15) is 0 Å². The summed E-state index contributed by atoms with van der Waals surface area (Å²) >= 11 is 2.16. The normalized spacial score (nSPS) is 36.3. The van der Waals surface area contributed by atoms with Crippen LogP contribution in [0.1, 0.15) is 39.0 Å². The van der Waals surface area contributed by atoms with Crippen LogP contribution in [-0.4, -0.2) is 11.5 Å². The molecule has 1 heteroatoms. The van der Waals surface area contributed by atoms with E-state index in [1.165, 1.54) is 43.6 Å². The summed E-state index contributed by atoms with van der Waals surface area (Å²) in [6, 6.07) is 0. The fraction of sp³-hybridized carbons (Fsp3) is 1.00. The molecule has 1 saturated carbocycles. The van der Waals surface area contributed by atoms with E-state index in [0.29, 0.717) is 0 Å². The Bertz CT molecular complexity index is 130. The lowest BCUT2D eigenvalue weighted by molar-refractivity contribution is 0.262. The quantitative estimate of drug-likeness (QED) is 0.537. The molecule has 2 rings (SSSR count). The molecule has 0 amide bonds. The summed E-state index contributed by atoms with van der Waals surface area (Å²) in [6.45, 7) is 2.43. The Balaban J connectivity index is 1.98. The van der Waals surface area contributed by atoms with Gasteiger partial charge in [-0.25, -0.2) is 0 Å². The molecule has 0 aromatic heterocycles. The van der Waals surface area contributed by atoms with Crippen molar-refractivity contribution in [3.8, 4) is 0 Å². The SMILES string of the molecule is CC1CCC2(CCSCC2)C1. The van der Waals surface area contributed by atoms with Gasteiger partial charge in [0.25, 0.3) is 0 Å². The molecule has 1 spiro atoms. The lowest BCUT2D eigenvalue weighted by atomic mass is 9.80. The molecule has 0 aromatic carbocycles. The first-order chi connectivity index (χ1) is 5.31. The van der Waals surface area contributed by atoms with Crippen molar-refractivity contribution in [3.05, 3.63) is 0 Å². The molecule has 0 nitrogen and oxygen atoms in total. The van der Waals surface area contributed by atoms with Gasteiger partial charge in [-0.1, -0.05) is 13.3 Å². The van der Waals surface area contributed by atoms with Crippen molar-refractivity contribution in [1.82, 2.24) is 0 Å². The lowest BCUT2D eigenvalue weighted by Gasteiger charge is -2.33. The first-order valence-corrected chi connectivity index (χ1v) is 6.04. The summed E-state index contributed by atoms with van der Waals surface area (Å²) in [4.78, 5) is 0. The third-order valence-electron chi connectivity index (χ3n) is 3.50. The number of hydrogen-bond acceptors (Lipinski definition) is 1. The highest BCUT2D eigenvalue weighted by atomic mass is 32.2. The molecule has 1 atom stereocenters. The van der Waals surface area contributed by atoms with Crippen LogP contribution in [0.15, 0.2) is 0 Å². The Morgan fingerprint density at radius 1 is 1.18 bits per heavy atom. The zero-order valence-electron chi connectivity index (χ0n) is 7.44. The third-order valence-corrected chi connectivity index (χ3v) is 4.49. The highest BCUT2D eigenvalue weighted by Crippen LogP contribution is 2.49. The Kier molecular flexibility index (Phi) is 2.18. The van der Waals surface area contributed by atoms with E-state index >= 15 is 0 Å². The summed E-state index contributed by atoms with van der Waals surface area (Å²) < 4.78 is 0. The van der Waals surface area contributed by atoms with E-state index in [0.717, 1.165) is 11.3 Å². The molecule has 11 heavy (non-hydrogen) atoms. The van der Waals surface area contributed by atoms with Gasteiger partial charge in [0.05, 0.1) is 0 Å². The predicted octanol–water partition coefficient (Wildman–Crippen LogP) is 3.32. The highest BCUT2D eigenvalue weighted by molar-refractivity contribution is 7.99. The molecule has 64 valence electrons. The van der Waals surface area contributed by atoms with Crippen molar-refractivity contribution in [2.75, 3.05) is 11.5 Å². The smallest absolute Gasteiger partial charge is 0.00622 e. The van der Waals surface area contributed by atoms with Crippen LogP contribution in [-0.2, 0) is 0 Å². The second-order valence-corrected chi connectivity index (χ2v) is 5.69. The van der Waals surface area contributed by atoms with Crippen LogP contribution in [0.4, 0.5) is 0 Å². The van der Waals surface area contributed by atoms with Crippen molar-refractivity contribution in [2.45, 2.75) is 39.0 Å². The fourth-order valence-electron chi connectivity index (χ4n) is 2.75.